The molecule has 2 nitrogen and oxygen atoms in total. The Labute approximate surface area is 100 Å². The van der Waals surface area contributed by atoms with E-state index in [1.165, 1.54) is 11.6 Å². The van der Waals surface area contributed by atoms with Gasteiger partial charge in [-0.05, 0) is 48.9 Å². The molecule has 1 aliphatic rings. The van der Waals surface area contributed by atoms with Gasteiger partial charge in [-0.2, -0.15) is 0 Å². The van der Waals surface area contributed by atoms with Crippen molar-refractivity contribution in [3.8, 4) is 0 Å². The molecule has 0 aliphatic heterocycles. The molecule has 1 saturated carbocycles. The Balaban J connectivity index is 2.13. The summed E-state index contributed by atoms with van der Waals surface area (Å²) >= 11 is 0. The van der Waals surface area contributed by atoms with Crippen molar-refractivity contribution in [2.75, 3.05) is 0 Å². The standard InChI is InChI=1S/C14H17FN2/c1-17-8-13(9-2-4-11(16)6-9)12-7-10(15)3-5-14(12)17/h3,5,7-9,11H,2,4,6,16H2,1H3/t9-,11-/m1/s1. The van der Waals surface area contributed by atoms with E-state index in [1.54, 1.807) is 6.07 Å². The Kier molecular flexibility index (Phi) is 2.44. The Bertz CT molecular complexity index is 559. The van der Waals surface area contributed by atoms with Crippen molar-refractivity contribution in [2.24, 2.45) is 12.8 Å². The van der Waals surface area contributed by atoms with Gasteiger partial charge >= 0.3 is 0 Å². The predicted molar refractivity (Wildman–Crippen MR) is 67.4 cm³/mol. The van der Waals surface area contributed by atoms with E-state index in [0.29, 0.717) is 12.0 Å². The van der Waals surface area contributed by atoms with E-state index in [0.717, 1.165) is 30.2 Å². The van der Waals surface area contributed by atoms with Crippen LogP contribution >= 0.6 is 0 Å². The molecule has 17 heavy (non-hydrogen) atoms. The molecular weight excluding hydrogens is 215 g/mol. The Hall–Kier alpha value is -1.35. The highest BCUT2D eigenvalue weighted by molar-refractivity contribution is 5.84. The second kappa shape index (κ2) is 3.84. The third-order valence-electron chi connectivity index (χ3n) is 3.90. The van der Waals surface area contributed by atoms with Crippen LogP contribution in [0.4, 0.5) is 4.39 Å². The van der Waals surface area contributed by atoms with Gasteiger partial charge in [0.15, 0.2) is 0 Å². The molecule has 2 aromatic rings. The minimum atomic E-state index is -0.160. The first kappa shape index (κ1) is 10.8. The summed E-state index contributed by atoms with van der Waals surface area (Å²) in [6, 6.07) is 5.33. The Morgan fingerprint density at radius 3 is 2.88 bits per heavy atom. The minimum Gasteiger partial charge on any atom is -0.350 e. The number of halogens is 1. The zero-order valence-corrected chi connectivity index (χ0v) is 9.99. The normalized spacial score (nSPS) is 24.6. The maximum atomic E-state index is 13.4. The lowest BCUT2D eigenvalue weighted by Crippen LogP contribution is -2.14. The summed E-state index contributed by atoms with van der Waals surface area (Å²) in [5.41, 5.74) is 8.32. The maximum absolute atomic E-state index is 13.4. The fourth-order valence-corrected chi connectivity index (χ4v) is 3.02. The molecule has 1 aromatic carbocycles. The minimum absolute atomic E-state index is 0.160. The van der Waals surface area contributed by atoms with E-state index in [4.69, 9.17) is 5.73 Å². The van der Waals surface area contributed by atoms with Gasteiger partial charge in [-0.15, -0.1) is 0 Å². The van der Waals surface area contributed by atoms with Crippen LogP contribution in [0.3, 0.4) is 0 Å². The van der Waals surface area contributed by atoms with Crippen molar-refractivity contribution < 1.29 is 4.39 Å². The van der Waals surface area contributed by atoms with Crippen LogP contribution in [0, 0.1) is 5.82 Å². The molecule has 0 unspecified atom stereocenters. The van der Waals surface area contributed by atoms with Gasteiger partial charge in [0.1, 0.15) is 5.82 Å². The molecule has 3 rings (SSSR count). The lowest BCUT2D eigenvalue weighted by molar-refractivity contribution is 0.629. The second-order valence-corrected chi connectivity index (χ2v) is 5.13. The molecule has 0 radical (unpaired) electrons. The van der Waals surface area contributed by atoms with E-state index >= 15 is 0 Å². The van der Waals surface area contributed by atoms with E-state index < -0.39 is 0 Å². The van der Waals surface area contributed by atoms with Crippen LogP contribution in [0.2, 0.25) is 0 Å². The number of nitrogens with two attached hydrogens (primary N) is 1. The zero-order valence-electron chi connectivity index (χ0n) is 9.99. The van der Waals surface area contributed by atoms with Gasteiger partial charge in [0.05, 0.1) is 0 Å². The fraction of sp³-hybridized carbons (Fsp3) is 0.429. The molecule has 1 fully saturated rings. The van der Waals surface area contributed by atoms with E-state index in [9.17, 15) is 4.39 Å². The molecule has 2 atom stereocenters. The number of aromatic nitrogens is 1. The van der Waals surface area contributed by atoms with Gasteiger partial charge in [-0.3, -0.25) is 0 Å². The van der Waals surface area contributed by atoms with Crippen LogP contribution in [0.25, 0.3) is 10.9 Å². The van der Waals surface area contributed by atoms with E-state index in [2.05, 4.69) is 10.8 Å². The summed E-state index contributed by atoms with van der Waals surface area (Å²) in [5, 5.41) is 1.05. The highest BCUT2D eigenvalue weighted by Crippen LogP contribution is 2.38. The van der Waals surface area contributed by atoms with Crippen LogP contribution in [0.5, 0.6) is 0 Å². The van der Waals surface area contributed by atoms with Gasteiger partial charge in [-0.25, -0.2) is 4.39 Å². The summed E-state index contributed by atoms with van der Waals surface area (Å²) in [7, 11) is 2.01. The molecule has 1 aliphatic carbocycles. The van der Waals surface area contributed by atoms with Crippen molar-refractivity contribution in [2.45, 2.75) is 31.2 Å². The van der Waals surface area contributed by atoms with E-state index in [1.807, 2.05) is 13.1 Å². The summed E-state index contributed by atoms with van der Waals surface area (Å²) < 4.78 is 15.4. The van der Waals surface area contributed by atoms with Crippen molar-refractivity contribution in [1.29, 1.82) is 0 Å². The number of aryl methyl sites for hydroxylation is 1. The highest BCUT2D eigenvalue weighted by atomic mass is 19.1. The first-order valence-electron chi connectivity index (χ1n) is 6.15. The van der Waals surface area contributed by atoms with Gasteiger partial charge in [0.2, 0.25) is 0 Å². The van der Waals surface area contributed by atoms with Crippen LogP contribution < -0.4 is 5.73 Å². The summed E-state index contributed by atoms with van der Waals surface area (Å²) in [4.78, 5) is 0. The average Bonchev–Trinajstić information content (AvgIpc) is 2.83. The predicted octanol–water partition coefficient (Wildman–Crippen LogP) is 2.91. The lowest BCUT2D eigenvalue weighted by atomic mass is 9.97. The van der Waals surface area contributed by atoms with E-state index in [-0.39, 0.29) is 5.82 Å². The largest absolute Gasteiger partial charge is 0.350 e. The fourth-order valence-electron chi connectivity index (χ4n) is 3.02. The Morgan fingerprint density at radius 2 is 2.18 bits per heavy atom. The van der Waals surface area contributed by atoms with Crippen molar-refractivity contribution >= 4 is 10.9 Å². The second-order valence-electron chi connectivity index (χ2n) is 5.13. The number of nitrogens with zero attached hydrogens (tertiary/aromatic N) is 1. The SMILES string of the molecule is Cn1cc([C@@H]2CC[C@@H](N)C2)c2cc(F)ccc21. The first-order chi connectivity index (χ1) is 8.15. The Morgan fingerprint density at radius 1 is 1.35 bits per heavy atom. The summed E-state index contributed by atoms with van der Waals surface area (Å²) in [5.74, 6) is 0.336. The lowest BCUT2D eigenvalue weighted by Gasteiger charge is -2.07. The average molecular weight is 232 g/mol. The van der Waals surface area contributed by atoms with Gasteiger partial charge in [-0.1, -0.05) is 0 Å². The number of rotatable bonds is 1. The maximum Gasteiger partial charge on any atom is 0.123 e. The van der Waals surface area contributed by atoms with Crippen LogP contribution in [-0.2, 0) is 7.05 Å². The topological polar surface area (TPSA) is 30.9 Å². The third-order valence-corrected chi connectivity index (χ3v) is 3.90. The van der Waals surface area contributed by atoms with Crippen molar-refractivity contribution in [3.05, 3.63) is 35.8 Å². The monoisotopic (exact) mass is 232 g/mol. The molecule has 90 valence electrons. The summed E-state index contributed by atoms with van der Waals surface area (Å²) in [6.07, 6.45) is 5.36. The van der Waals surface area contributed by atoms with Gasteiger partial charge in [0, 0.05) is 30.2 Å². The molecule has 1 heterocycles. The molecule has 2 N–H and O–H groups in total. The van der Waals surface area contributed by atoms with Crippen LogP contribution in [0.1, 0.15) is 30.7 Å². The molecule has 0 amide bonds. The van der Waals surface area contributed by atoms with Gasteiger partial charge < -0.3 is 10.3 Å². The highest BCUT2D eigenvalue weighted by Gasteiger charge is 2.25. The molecule has 0 saturated heterocycles. The number of benzene rings is 1. The molecular formula is C14H17FN2. The smallest absolute Gasteiger partial charge is 0.123 e. The quantitative estimate of drug-likeness (QED) is 0.805. The molecule has 0 spiro atoms. The first-order valence-corrected chi connectivity index (χ1v) is 6.15. The number of fused-ring (bicyclic) bond motifs is 1. The third kappa shape index (κ3) is 1.75. The number of hydrogen-bond donors (Lipinski definition) is 1. The van der Waals surface area contributed by atoms with Crippen LogP contribution in [-0.4, -0.2) is 10.6 Å². The van der Waals surface area contributed by atoms with Crippen molar-refractivity contribution in [1.82, 2.24) is 4.57 Å². The summed E-state index contributed by atoms with van der Waals surface area (Å²) in [6.45, 7) is 0. The number of hydrogen-bond acceptors (Lipinski definition) is 1. The molecule has 3 heteroatoms. The molecule has 1 aromatic heterocycles. The molecule has 0 bridgehead atoms. The zero-order chi connectivity index (χ0) is 12.0. The van der Waals surface area contributed by atoms with Crippen LogP contribution in [0.15, 0.2) is 24.4 Å². The van der Waals surface area contributed by atoms with Crippen molar-refractivity contribution in [3.63, 3.8) is 0 Å². The van der Waals surface area contributed by atoms with Gasteiger partial charge in [0.25, 0.3) is 0 Å².